The van der Waals surface area contributed by atoms with Gasteiger partial charge in [-0.2, -0.15) is 0 Å². The summed E-state index contributed by atoms with van der Waals surface area (Å²) in [6.45, 7) is 2.98. The lowest BCUT2D eigenvalue weighted by Crippen LogP contribution is -2.56. The van der Waals surface area contributed by atoms with E-state index in [1.807, 2.05) is 7.05 Å². The average molecular weight is 318 g/mol. The van der Waals surface area contributed by atoms with Crippen LogP contribution in [0.15, 0.2) is 0 Å². The zero-order valence-electron chi connectivity index (χ0n) is 12.4. The zero-order chi connectivity index (χ0) is 15.6. The highest BCUT2D eigenvalue weighted by Gasteiger charge is 2.35. The van der Waals surface area contributed by atoms with Gasteiger partial charge in [0, 0.05) is 39.3 Å². The van der Waals surface area contributed by atoms with Crippen LogP contribution in [0, 0.1) is 0 Å². The summed E-state index contributed by atoms with van der Waals surface area (Å²) in [6.07, 6.45) is 0.395. The highest BCUT2D eigenvalue weighted by Crippen LogP contribution is 2.16. The van der Waals surface area contributed by atoms with Crippen LogP contribution in [0.2, 0.25) is 0 Å². The van der Waals surface area contributed by atoms with E-state index in [0.29, 0.717) is 19.5 Å². The first-order valence-electron chi connectivity index (χ1n) is 7.00. The van der Waals surface area contributed by atoms with Gasteiger partial charge < -0.3 is 9.80 Å². The maximum atomic E-state index is 12.1. The summed E-state index contributed by atoms with van der Waals surface area (Å²) in [7, 11) is 0.408. The standard InChI is InChI=1S/C12H22N4O4S/c1-14-4-6-16(7-5-14)13-11(17)12(18)15(2)10-3-8-21(19,20)9-10/h10H,3-9H2,1-2H3,(H,13,17). The molecule has 0 aromatic rings. The predicted octanol–water partition coefficient (Wildman–Crippen LogP) is -2.09. The number of carbonyl (C=O) groups is 2. The molecule has 2 fully saturated rings. The number of hydrogen-bond donors (Lipinski definition) is 1. The SMILES string of the molecule is CN1CCN(NC(=O)C(=O)N(C)C2CCS(=O)(=O)C2)CC1. The number of rotatable bonds is 2. The summed E-state index contributed by atoms with van der Waals surface area (Å²) in [6, 6.07) is -0.402. The molecule has 2 heterocycles. The molecule has 0 aromatic carbocycles. The zero-order valence-corrected chi connectivity index (χ0v) is 13.2. The minimum absolute atomic E-state index is 0.0585. The van der Waals surface area contributed by atoms with Crippen molar-refractivity contribution < 1.29 is 18.0 Å². The Morgan fingerprint density at radius 2 is 1.81 bits per heavy atom. The molecule has 8 nitrogen and oxygen atoms in total. The Bertz CT molecular complexity index is 513. The predicted molar refractivity (Wildman–Crippen MR) is 77.0 cm³/mol. The van der Waals surface area contributed by atoms with Gasteiger partial charge in [0.25, 0.3) is 0 Å². The summed E-state index contributed by atoms with van der Waals surface area (Å²) >= 11 is 0. The van der Waals surface area contributed by atoms with Crippen LogP contribution in [0.4, 0.5) is 0 Å². The van der Waals surface area contributed by atoms with Gasteiger partial charge in [-0.3, -0.25) is 15.0 Å². The van der Waals surface area contributed by atoms with E-state index in [2.05, 4.69) is 10.3 Å². The number of likely N-dealkylation sites (N-methyl/N-ethyl adjacent to an activating group) is 2. The molecule has 2 saturated heterocycles. The van der Waals surface area contributed by atoms with Crippen molar-refractivity contribution in [2.24, 2.45) is 0 Å². The van der Waals surface area contributed by atoms with Gasteiger partial charge in [-0.1, -0.05) is 0 Å². The van der Waals surface area contributed by atoms with Crippen molar-refractivity contribution in [3.05, 3.63) is 0 Å². The van der Waals surface area contributed by atoms with E-state index in [9.17, 15) is 18.0 Å². The molecular formula is C12H22N4O4S. The first-order valence-corrected chi connectivity index (χ1v) is 8.82. The van der Waals surface area contributed by atoms with E-state index < -0.39 is 27.7 Å². The number of nitrogens with zero attached hydrogens (tertiary/aromatic N) is 3. The van der Waals surface area contributed by atoms with Gasteiger partial charge in [-0.15, -0.1) is 0 Å². The molecule has 120 valence electrons. The lowest BCUT2D eigenvalue weighted by atomic mass is 10.2. The Hall–Kier alpha value is -1.19. The maximum absolute atomic E-state index is 12.1. The van der Waals surface area contributed by atoms with Gasteiger partial charge in [-0.25, -0.2) is 13.4 Å². The quantitative estimate of drug-likeness (QED) is 0.587. The Balaban J connectivity index is 1.86. The van der Waals surface area contributed by atoms with Crippen LogP contribution < -0.4 is 5.43 Å². The Kier molecular flexibility index (Phi) is 4.84. The van der Waals surface area contributed by atoms with Crippen LogP contribution in [-0.4, -0.2) is 92.9 Å². The van der Waals surface area contributed by atoms with Crippen LogP contribution in [0.1, 0.15) is 6.42 Å². The van der Waals surface area contributed by atoms with Crippen LogP contribution in [0.5, 0.6) is 0 Å². The van der Waals surface area contributed by atoms with Crippen molar-refractivity contribution in [3.63, 3.8) is 0 Å². The maximum Gasteiger partial charge on any atom is 0.323 e. The fraction of sp³-hybridized carbons (Fsp3) is 0.833. The number of hydrazine groups is 1. The monoisotopic (exact) mass is 318 g/mol. The van der Waals surface area contributed by atoms with Gasteiger partial charge in [0.15, 0.2) is 9.84 Å². The second-order valence-electron chi connectivity index (χ2n) is 5.70. The summed E-state index contributed by atoms with van der Waals surface area (Å²) in [4.78, 5) is 27.4. The highest BCUT2D eigenvalue weighted by atomic mass is 32.2. The minimum atomic E-state index is -3.07. The molecule has 9 heteroatoms. The number of nitrogens with one attached hydrogen (secondary N) is 1. The van der Waals surface area contributed by atoms with Gasteiger partial charge in [-0.05, 0) is 13.5 Å². The van der Waals surface area contributed by atoms with Crippen molar-refractivity contribution in [3.8, 4) is 0 Å². The fourth-order valence-electron chi connectivity index (χ4n) is 2.52. The van der Waals surface area contributed by atoms with E-state index in [1.165, 1.54) is 11.9 Å². The number of amides is 2. The number of sulfone groups is 1. The summed E-state index contributed by atoms with van der Waals surface area (Å²) in [5.41, 5.74) is 2.59. The lowest BCUT2D eigenvalue weighted by molar-refractivity contribution is -0.149. The lowest BCUT2D eigenvalue weighted by Gasteiger charge is -2.32. The number of hydrogen-bond acceptors (Lipinski definition) is 6. The molecule has 1 unspecified atom stereocenters. The second kappa shape index (κ2) is 6.29. The van der Waals surface area contributed by atoms with Crippen molar-refractivity contribution >= 4 is 21.7 Å². The van der Waals surface area contributed by atoms with Crippen molar-refractivity contribution in [2.75, 3.05) is 51.8 Å². The molecule has 0 aliphatic carbocycles. The summed E-state index contributed by atoms with van der Waals surface area (Å²) < 4.78 is 22.9. The van der Waals surface area contributed by atoms with E-state index in [-0.39, 0.29) is 11.5 Å². The largest absolute Gasteiger partial charge is 0.333 e. The number of carbonyl (C=O) groups excluding carboxylic acids is 2. The molecule has 2 aliphatic heterocycles. The van der Waals surface area contributed by atoms with Gasteiger partial charge >= 0.3 is 11.8 Å². The van der Waals surface area contributed by atoms with Gasteiger partial charge in [0.1, 0.15) is 0 Å². The van der Waals surface area contributed by atoms with E-state index >= 15 is 0 Å². The third-order valence-electron chi connectivity index (χ3n) is 4.03. The van der Waals surface area contributed by atoms with Crippen LogP contribution in [-0.2, 0) is 19.4 Å². The normalized spacial score (nSPS) is 26.5. The molecule has 0 bridgehead atoms. The van der Waals surface area contributed by atoms with Crippen molar-refractivity contribution in [2.45, 2.75) is 12.5 Å². The smallest absolute Gasteiger partial charge is 0.323 e. The molecule has 0 aromatic heterocycles. The molecule has 1 N–H and O–H groups in total. The Morgan fingerprint density at radius 1 is 1.19 bits per heavy atom. The van der Waals surface area contributed by atoms with Crippen LogP contribution >= 0.6 is 0 Å². The first-order chi connectivity index (χ1) is 9.78. The summed E-state index contributed by atoms with van der Waals surface area (Å²) in [5.74, 6) is -1.37. The van der Waals surface area contributed by atoms with Gasteiger partial charge in [0.05, 0.1) is 11.5 Å². The van der Waals surface area contributed by atoms with Crippen molar-refractivity contribution in [1.82, 2.24) is 20.2 Å². The fourth-order valence-corrected chi connectivity index (χ4v) is 4.29. The van der Waals surface area contributed by atoms with Gasteiger partial charge in [0.2, 0.25) is 0 Å². The number of piperazine rings is 1. The van der Waals surface area contributed by atoms with Crippen molar-refractivity contribution in [1.29, 1.82) is 0 Å². The third-order valence-corrected chi connectivity index (χ3v) is 5.78. The molecule has 2 rings (SSSR count). The summed E-state index contributed by atoms with van der Waals surface area (Å²) in [5, 5.41) is 1.72. The molecule has 2 amide bonds. The topological polar surface area (TPSA) is 90.0 Å². The first kappa shape index (κ1) is 16.2. The molecule has 0 radical (unpaired) electrons. The third kappa shape index (κ3) is 4.14. The highest BCUT2D eigenvalue weighted by molar-refractivity contribution is 7.91. The molecule has 2 aliphatic rings. The van der Waals surface area contributed by atoms with E-state index in [1.54, 1.807) is 5.01 Å². The van der Waals surface area contributed by atoms with Crippen LogP contribution in [0.3, 0.4) is 0 Å². The molecular weight excluding hydrogens is 296 g/mol. The minimum Gasteiger partial charge on any atom is -0.333 e. The Morgan fingerprint density at radius 3 is 2.33 bits per heavy atom. The molecule has 21 heavy (non-hydrogen) atoms. The van der Waals surface area contributed by atoms with E-state index in [0.717, 1.165) is 13.1 Å². The second-order valence-corrected chi connectivity index (χ2v) is 7.93. The Labute approximate surface area is 124 Å². The molecule has 0 saturated carbocycles. The molecule has 1 atom stereocenters. The van der Waals surface area contributed by atoms with E-state index in [4.69, 9.17) is 0 Å². The average Bonchev–Trinajstić information content (AvgIpc) is 2.80. The van der Waals surface area contributed by atoms with Crippen LogP contribution in [0.25, 0.3) is 0 Å². The molecule has 0 spiro atoms.